The van der Waals surface area contributed by atoms with Crippen molar-refractivity contribution in [1.29, 1.82) is 0 Å². The number of nitrogens with one attached hydrogen (secondary N) is 2. The first-order valence-corrected chi connectivity index (χ1v) is 9.31. The van der Waals surface area contributed by atoms with E-state index >= 15 is 0 Å². The molecule has 28 heavy (non-hydrogen) atoms. The lowest BCUT2D eigenvalue weighted by atomic mass is 10.3. The zero-order chi connectivity index (χ0) is 19.2. The van der Waals surface area contributed by atoms with Crippen LogP contribution in [0.4, 0.5) is 0 Å². The highest BCUT2D eigenvalue weighted by molar-refractivity contribution is 14.0. The summed E-state index contributed by atoms with van der Waals surface area (Å²) in [6.45, 7) is 3.69. The first-order valence-electron chi connectivity index (χ1n) is 8.56. The monoisotopic (exact) mass is 533 g/mol. The van der Waals surface area contributed by atoms with Crippen LogP contribution in [0, 0.1) is 0 Å². The third-order valence-electron chi connectivity index (χ3n) is 4.03. The first-order chi connectivity index (χ1) is 13.1. The molecular weight excluding hydrogens is 512 g/mol. The SMILES string of the molecule is CCNC(=NCc1cc(Cl)c(Cl)n1C)NCc1nncn1-c1ccccc1.I. The maximum absolute atomic E-state index is 6.11. The smallest absolute Gasteiger partial charge is 0.192 e. The molecule has 3 rings (SSSR count). The van der Waals surface area contributed by atoms with Crippen LogP contribution in [0.3, 0.4) is 0 Å². The molecule has 0 bridgehead atoms. The molecular formula is C18H22Cl2IN7. The van der Waals surface area contributed by atoms with E-state index in [9.17, 15) is 0 Å². The van der Waals surface area contributed by atoms with Gasteiger partial charge in [0.25, 0.3) is 0 Å². The van der Waals surface area contributed by atoms with E-state index in [2.05, 4.69) is 25.8 Å². The summed E-state index contributed by atoms with van der Waals surface area (Å²) >= 11 is 12.2. The quantitative estimate of drug-likeness (QED) is 0.287. The van der Waals surface area contributed by atoms with Gasteiger partial charge in [0.1, 0.15) is 11.5 Å². The minimum absolute atomic E-state index is 0. The second-order valence-corrected chi connectivity index (χ2v) is 6.60. The topological polar surface area (TPSA) is 72.1 Å². The van der Waals surface area contributed by atoms with Crippen LogP contribution in [0.5, 0.6) is 0 Å². The Morgan fingerprint density at radius 2 is 1.93 bits per heavy atom. The molecule has 10 heteroatoms. The molecule has 0 saturated carbocycles. The van der Waals surface area contributed by atoms with E-state index in [4.69, 9.17) is 23.2 Å². The Hall–Kier alpha value is -1.78. The van der Waals surface area contributed by atoms with Gasteiger partial charge in [-0.3, -0.25) is 4.57 Å². The minimum Gasteiger partial charge on any atom is -0.357 e. The summed E-state index contributed by atoms with van der Waals surface area (Å²) in [6, 6.07) is 11.8. The second kappa shape index (κ2) is 10.7. The van der Waals surface area contributed by atoms with Gasteiger partial charge in [-0.1, -0.05) is 41.4 Å². The van der Waals surface area contributed by atoms with Crippen LogP contribution in [0.15, 0.2) is 47.7 Å². The van der Waals surface area contributed by atoms with Crippen molar-refractivity contribution < 1.29 is 0 Å². The Morgan fingerprint density at radius 1 is 1.18 bits per heavy atom. The zero-order valence-electron chi connectivity index (χ0n) is 15.6. The van der Waals surface area contributed by atoms with Gasteiger partial charge < -0.3 is 15.2 Å². The molecule has 2 N–H and O–H groups in total. The van der Waals surface area contributed by atoms with Crippen molar-refractivity contribution in [3.05, 3.63) is 64.4 Å². The summed E-state index contributed by atoms with van der Waals surface area (Å²) in [5.74, 6) is 1.46. The summed E-state index contributed by atoms with van der Waals surface area (Å²) in [4.78, 5) is 4.60. The first kappa shape index (κ1) is 22.5. The summed E-state index contributed by atoms with van der Waals surface area (Å²) in [5.41, 5.74) is 1.93. The Balaban J connectivity index is 0.00000280. The van der Waals surface area contributed by atoms with Crippen molar-refractivity contribution in [2.24, 2.45) is 12.0 Å². The second-order valence-electron chi connectivity index (χ2n) is 5.83. The molecule has 0 spiro atoms. The highest BCUT2D eigenvalue weighted by atomic mass is 127. The fourth-order valence-electron chi connectivity index (χ4n) is 2.59. The van der Waals surface area contributed by atoms with Gasteiger partial charge in [0.15, 0.2) is 11.8 Å². The fourth-order valence-corrected chi connectivity index (χ4v) is 3.00. The van der Waals surface area contributed by atoms with Gasteiger partial charge in [0.05, 0.1) is 18.1 Å². The molecule has 0 unspecified atom stereocenters. The van der Waals surface area contributed by atoms with E-state index in [-0.39, 0.29) is 24.0 Å². The molecule has 0 radical (unpaired) electrons. The summed E-state index contributed by atoms with van der Waals surface area (Å²) in [7, 11) is 1.86. The third kappa shape index (κ3) is 5.39. The summed E-state index contributed by atoms with van der Waals surface area (Å²) in [5, 5.41) is 15.8. The Morgan fingerprint density at radius 3 is 2.57 bits per heavy atom. The Bertz CT molecular complexity index is 921. The molecule has 2 heterocycles. The van der Waals surface area contributed by atoms with Crippen LogP contribution in [0.25, 0.3) is 5.69 Å². The van der Waals surface area contributed by atoms with E-state index in [1.165, 1.54) is 0 Å². The predicted octanol–water partition coefficient (Wildman–Crippen LogP) is 3.79. The molecule has 0 aliphatic heterocycles. The molecule has 0 fully saturated rings. The molecule has 2 aromatic heterocycles. The lowest BCUT2D eigenvalue weighted by Gasteiger charge is -2.12. The van der Waals surface area contributed by atoms with Crippen molar-refractivity contribution >= 4 is 53.1 Å². The van der Waals surface area contributed by atoms with Crippen LogP contribution in [-0.2, 0) is 20.1 Å². The van der Waals surface area contributed by atoms with Gasteiger partial charge in [-0.2, -0.15) is 0 Å². The number of halogens is 3. The number of nitrogens with zero attached hydrogens (tertiary/aromatic N) is 5. The van der Waals surface area contributed by atoms with Crippen LogP contribution < -0.4 is 10.6 Å². The van der Waals surface area contributed by atoms with Crippen molar-refractivity contribution in [3.8, 4) is 5.69 Å². The van der Waals surface area contributed by atoms with Gasteiger partial charge in [-0.15, -0.1) is 34.2 Å². The van der Waals surface area contributed by atoms with Gasteiger partial charge in [-0.25, -0.2) is 4.99 Å². The van der Waals surface area contributed by atoms with Crippen LogP contribution in [-0.4, -0.2) is 31.8 Å². The molecule has 150 valence electrons. The highest BCUT2D eigenvalue weighted by Crippen LogP contribution is 2.25. The van der Waals surface area contributed by atoms with Gasteiger partial charge in [-0.05, 0) is 25.1 Å². The summed E-state index contributed by atoms with van der Waals surface area (Å²) in [6.07, 6.45) is 1.70. The van der Waals surface area contributed by atoms with Gasteiger partial charge in [0, 0.05) is 25.0 Å². The lowest BCUT2D eigenvalue weighted by Crippen LogP contribution is -2.37. The fraction of sp³-hybridized carbons (Fsp3) is 0.278. The van der Waals surface area contributed by atoms with Crippen molar-refractivity contribution in [2.45, 2.75) is 20.0 Å². The van der Waals surface area contributed by atoms with E-state index in [1.54, 1.807) is 6.33 Å². The van der Waals surface area contributed by atoms with Crippen molar-refractivity contribution in [3.63, 3.8) is 0 Å². The maximum Gasteiger partial charge on any atom is 0.192 e. The predicted molar refractivity (Wildman–Crippen MR) is 124 cm³/mol. The third-order valence-corrected chi connectivity index (χ3v) is 4.87. The average Bonchev–Trinajstić information content (AvgIpc) is 3.25. The lowest BCUT2D eigenvalue weighted by molar-refractivity contribution is 0.749. The number of guanidine groups is 1. The molecule has 1 aromatic carbocycles. The van der Waals surface area contributed by atoms with Gasteiger partial charge >= 0.3 is 0 Å². The van der Waals surface area contributed by atoms with E-state index in [0.29, 0.717) is 29.2 Å². The van der Waals surface area contributed by atoms with E-state index in [0.717, 1.165) is 23.8 Å². The average molecular weight is 534 g/mol. The number of aromatic nitrogens is 4. The summed E-state index contributed by atoms with van der Waals surface area (Å²) < 4.78 is 3.76. The number of hydrogen-bond acceptors (Lipinski definition) is 3. The number of benzene rings is 1. The standard InChI is InChI=1S/C18H21Cl2N7.HI/c1-3-21-18(22-10-14-9-15(19)17(20)26(14)2)23-11-16-25-24-12-27(16)13-7-5-4-6-8-13;/h4-9,12H,3,10-11H2,1-2H3,(H2,21,22,23);1H. The molecule has 0 atom stereocenters. The van der Waals surface area contributed by atoms with Crippen molar-refractivity contribution in [2.75, 3.05) is 6.54 Å². The number of aliphatic imine (C=N–C) groups is 1. The normalized spacial score (nSPS) is 11.2. The van der Waals surface area contributed by atoms with E-state index < -0.39 is 0 Å². The van der Waals surface area contributed by atoms with Crippen LogP contribution in [0.2, 0.25) is 10.2 Å². The molecule has 0 saturated heterocycles. The molecule has 3 aromatic rings. The van der Waals surface area contributed by atoms with E-state index in [1.807, 2.05) is 59.5 Å². The molecule has 7 nitrogen and oxygen atoms in total. The number of rotatable bonds is 6. The largest absolute Gasteiger partial charge is 0.357 e. The molecule has 0 amide bonds. The molecule has 0 aliphatic rings. The zero-order valence-corrected chi connectivity index (χ0v) is 19.4. The number of para-hydroxylation sites is 1. The molecule has 0 aliphatic carbocycles. The van der Waals surface area contributed by atoms with Gasteiger partial charge in [0.2, 0.25) is 0 Å². The minimum atomic E-state index is 0. The van der Waals surface area contributed by atoms with Crippen molar-refractivity contribution in [1.82, 2.24) is 30.0 Å². The Kier molecular flexibility index (Phi) is 8.58. The van der Waals surface area contributed by atoms with Crippen LogP contribution in [0.1, 0.15) is 18.4 Å². The number of hydrogen-bond donors (Lipinski definition) is 2. The van der Waals surface area contributed by atoms with Crippen LogP contribution >= 0.6 is 47.2 Å². The Labute approximate surface area is 191 Å². The highest BCUT2D eigenvalue weighted by Gasteiger charge is 2.10. The maximum atomic E-state index is 6.11.